The van der Waals surface area contributed by atoms with E-state index in [4.69, 9.17) is 0 Å². The van der Waals surface area contributed by atoms with Crippen molar-refractivity contribution in [3.05, 3.63) is 0 Å². The van der Waals surface area contributed by atoms with Gasteiger partial charge in [0.25, 0.3) is 0 Å². The number of hydrogen-bond donors (Lipinski definition) is 0. The molecule has 0 fully saturated rings. The van der Waals surface area contributed by atoms with Crippen molar-refractivity contribution in [1.82, 2.24) is 0 Å². The van der Waals surface area contributed by atoms with Crippen LogP contribution < -0.4 is 0 Å². The molecule has 0 saturated heterocycles. The van der Waals surface area contributed by atoms with Gasteiger partial charge in [-0.3, -0.25) is 0 Å². The van der Waals surface area contributed by atoms with E-state index in [1.54, 1.807) is 0 Å². The third-order valence-corrected chi connectivity index (χ3v) is 5.33. The molecule has 0 nitrogen and oxygen atoms in total. The number of hydrogen-bond acceptors (Lipinski definition) is 0. The molecule has 0 aromatic heterocycles. The Morgan fingerprint density at radius 3 is 1.80 bits per heavy atom. The Labute approximate surface area is 130 Å². The lowest BCUT2D eigenvalue weighted by molar-refractivity contribution is 0.164. The van der Waals surface area contributed by atoms with Crippen LogP contribution in [0.1, 0.15) is 100 Å². The first kappa shape index (κ1) is 20.0. The maximum atomic E-state index is 2.54. The van der Waals surface area contributed by atoms with Gasteiger partial charge in [-0.1, -0.05) is 74.7 Å². The zero-order chi connectivity index (χ0) is 15.8. The lowest BCUT2D eigenvalue weighted by atomic mass is 9.71. The highest BCUT2D eigenvalue weighted by atomic mass is 14.3. The summed E-state index contributed by atoms with van der Waals surface area (Å²) in [4.78, 5) is 0. The van der Waals surface area contributed by atoms with Gasteiger partial charge in [-0.15, -0.1) is 0 Å². The van der Waals surface area contributed by atoms with E-state index in [9.17, 15) is 0 Å². The Morgan fingerprint density at radius 1 is 0.800 bits per heavy atom. The fraction of sp³-hybridized carbons (Fsp3) is 1.00. The molecule has 0 spiro atoms. The van der Waals surface area contributed by atoms with Gasteiger partial charge in [-0.2, -0.15) is 0 Å². The predicted molar refractivity (Wildman–Crippen MR) is 94.1 cm³/mol. The molecule has 20 heavy (non-hydrogen) atoms. The maximum Gasteiger partial charge on any atom is -0.0323 e. The summed E-state index contributed by atoms with van der Waals surface area (Å²) in [6.07, 6.45) is 9.77. The summed E-state index contributed by atoms with van der Waals surface area (Å²) in [6.45, 7) is 19.3. The molecule has 3 unspecified atom stereocenters. The molecule has 0 aliphatic carbocycles. The average Bonchev–Trinajstić information content (AvgIpc) is 2.32. The molecule has 0 aliphatic rings. The van der Waals surface area contributed by atoms with Crippen molar-refractivity contribution >= 4 is 0 Å². The third-order valence-electron chi connectivity index (χ3n) is 5.33. The quantitative estimate of drug-likeness (QED) is 0.372. The standard InChI is InChI=1S/C20H42/c1-9-11-19(18(7)17(5)6)12-14-20(8,13-10-2)15-16(3)4/h16-19H,9-15H2,1-8H3. The first-order valence-corrected chi connectivity index (χ1v) is 9.25. The highest BCUT2D eigenvalue weighted by Gasteiger charge is 2.27. The molecule has 0 radical (unpaired) electrons. The molecule has 0 amide bonds. The van der Waals surface area contributed by atoms with Crippen molar-refractivity contribution in [2.24, 2.45) is 29.1 Å². The topological polar surface area (TPSA) is 0 Å². The van der Waals surface area contributed by atoms with E-state index in [0.29, 0.717) is 5.41 Å². The van der Waals surface area contributed by atoms with E-state index in [1.807, 2.05) is 0 Å². The van der Waals surface area contributed by atoms with E-state index in [0.717, 1.165) is 23.7 Å². The molecular weight excluding hydrogens is 240 g/mol. The lowest BCUT2D eigenvalue weighted by Gasteiger charge is -2.35. The van der Waals surface area contributed by atoms with E-state index >= 15 is 0 Å². The highest BCUT2D eigenvalue weighted by molar-refractivity contribution is 4.79. The molecule has 0 bridgehead atoms. The molecule has 0 heterocycles. The zero-order valence-electron chi connectivity index (χ0n) is 15.8. The zero-order valence-corrected chi connectivity index (χ0v) is 15.8. The van der Waals surface area contributed by atoms with Crippen LogP contribution in [-0.4, -0.2) is 0 Å². The summed E-state index contributed by atoms with van der Waals surface area (Å²) in [7, 11) is 0. The van der Waals surface area contributed by atoms with Crippen LogP contribution in [0, 0.1) is 29.1 Å². The van der Waals surface area contributed by atoms with Crippen LogP contribution in [0.5, 0.6) is 0 Å². The second-order valence-corrected chi connectivity index (χ2v) is 8.35. The van der Waals surface area contributed by atoms with Crippen LogP contribution >= 0.6 is 0 Å². The molecule has 0 aliphatic heterocycles. The van der Waals surface area contributed by atoms with Gasteiger partial charge in [0, 0.05) is 0 Å². The van der Waals surface area contributed by atoms with Crippen LogP contribution in [0.15, 0.2) is 0 Å². The Hall–Kier alpha value is 0. The van der Waals surface area contributed by atoms with E-state index in [-0.39, 0.29) is 0 Å². The monoisotopic (exact) mass is 282 g/mol. The second-order valence-electron chi connectivity index (χ2n) is 8.35. The normalized spacial score (nSPS) is 18.3. The molecule has 3 atom stereocenters. The fourth-order valence-electron chi connectivity index (χ4n) is 4.04. The predicted octanol–water partition coefficient (Wildman–Crippen LogP) is 7.33. The minimum atomic E-state index is 0.575. The van der Waals surface area contributed by atoms with Gasteiger partial charge in [0.05, 0.1) is 0 Å². The summed E-state index contributed by atoms with van der Waals surface area (Å²) >= 11 is 0. The van der Waals surface area contributed by atoms with Crippen molar-refractivity contribution in [1.29, 1.82) is 0 Å². The van der Waals surface area contributed by atoms with Gasteiger partial charge in [0.15, 0.2) is 0 Å². The summed E-state index contributed by atoms with van der Waals surface area (Å²) in [5, 5.41) is 0. The summed E-state index contributed by atoms with van der Waals surface area (Å²) in [5.74, 6) is 3.47. The van der Waals surface area contributed by atoms with E-state index in [2.05, 4.69) is 55.4 Å². The van der Waals surface area contributed by atoms with Gasteiger partial charge in [0.2, 0.25) is 0 Å². The first-order valence-electron chi connectivity index (χ1n) is 9.25. The van der Waals surface area contributed by atoms with Crippen LogP contribution in [0.3, 0.4) is 0 Å². The molecule has 0 aromatic rings. The smallest absolute Gasteiger partial charge is 0.0323 e. The SMILES string of the molecule is CCCC(CCC(C)(CCC)CC(C)C)C(C)C(C)C. The molecule has 0 rings (SSSR count). The number of rotatable bonds is 11. The van der Waals surface area contributed by atoms with Crippen molar-refractivity contribution in [3.8, 4) is 0 Å². The fourth-order valence-corrected chi connectivity index (χ4v) is 4.04. The largest absolute Gasteiger partial charge is 0.0654 e. The third kappa shape index (κ3) is 7.70. The molecule has 0 heteroatoms. The Morgan fingerprint density at radius 2 is 1.40 bits per heavy atom. The molecule has 122 valence electrons. The summed E-state index contributed by atoms with van der Waals surface area (Å²) in [6, 6.07) is 0. The van der Waals surface area contributed by atoms with Crippen molar-refractivity contribution in [3.63, 3.8) is 0 Å². The van der Waals surface area contributed by atoms with Gasteiger partial charge < -0.3 is 0 Å². The van der Waals surface area contributed by atoms with Crippen LogP contribution in [0.2, 0.25) is 0 Å². The first-order chi connectivity index (χ1) is 9.25. The van der Waals surface area contributed by atoms with E-state index < -0.39 is 0 Å². The molecule has 0 aromatic carbocycles. The molecule has 0 saturated carbocycles. The van der Waals surface area contributed by atoms with Crippen molar-refractivity contribution < 1.29 is 0 Å². The Balaban J connectivity index is 4.61. The van der Waals surface area contributed by atoms with Crippen LogP contribution in [-0.2, 0) is 0 Å². The minimum absolute atomic E-state index is 0.575. The summed E-state index contributed by atoms with van der Waals surface area (Å²) < 4.78 is 0. The summed E-state index contributed by atoms with van der Waals surface area (Å²) in [5.41, 5.74) is 0.575. The van der Waals surface area contributed by atoms with Gasteiger partial charge in [0.1, 0.15) is 0 Å². The van der Waals surface area contributed by atoms with Crippen LogP contribution in [0.25, 0.3) is 0 Å². The van der Waals surface area contributed by atoms with Crippen LogP contribution in [0.4, 0.5) is 0 Å². The average molecular weight is 283 g/mol. The van der Waals surface area contributed by atoms with Gasteiger partial charge in [-0.25, -0.2) is 0 Å². The maximum absolute atomic E-state index is 2.54. The highest BCUT2D eigenvalue weighted by Crippen LogP contribution is 2.39. The molecule has 0 N–H and O–H groups in total. The Kier molecular flexibility index (Phi) is 9.85. The van der Waals surface area contributed by atoms with Gasteiger partial charge >= 0.3 is 0 Å². The Bertz CT molecular complexity index is 228. The van der Waals surface area contributed by atoms with Crippen molar-refractivity contribution in [2.45, 2.75) is 100 Å². The minimum Gasteiger partial charge on any atom is -0.0654 e. The van der Waals surface area contributed by atoms with Gasteiger partial charge in [-0.05, 0) is 54.8 Å². The van der Waals surface area contributed by atoms with E-state index in [1.165, 1.54) is 44.9 Å². The lowest BCUT2D eigenvalue weighted by Crippen LogP contribution is -2.23. The van der Waals surface area contributed by atoms with Crippen molar-refractivity contribution in [2.75, 3.05) is 0 Å². The molecular formula is C20H42. The second kappa shape index (κ2) is 9.85.